The second-order valence-electron chi connectivity index (χ2n) is 7.70. The van der Waals surface area contributed by atoms with Crippen LogP contribution >= 0.6 is 24.0 Å². The molecule has 0 aliphatic carbocycles. The number of ether oxygens (including phenoxy) is 1. The summed E-state index contributed by atoms with van der Waals surface area (Å²) in [7, 11) is -1.54. The van der Waals surface area contributed by atoms with Crippen LogP contribution in [-0.4, -0.2) is 81.3 Å². The Morgan fingerprint density at radius 1 is 1.28 bits per heavy atom. The van der Waals surface area contributed by atoms with Crippen LogP contribution in [0.5, 0.6) is 0 Å². The molecule has 2 aliphatic rings. The molecule has 25 heavy (non-hydrogen) atoms. The molecule has 9 heteroatoms. The predicted molar refractivity (Wildman–Crippen MR) is 112 cm³/mol. The van der Waals surface area contributed by atoms with Crippen molar-refractivity contribution in [2.75, 3.05) is 45.5 Å². The Morgan fingerprint density at radius 3 is 2.36 bits per heavy atom. The number of nitrogens with one attached hydrogen (secondary N) is 1. The minimum absolute atomic E-state index is 0. The number of guanidine groups is 1. The fraction of sp³-hybridized carbons (Fsp3) is 0.938. The van der Waals surface area contributed by atoms with Crippen LogP contribution in [0.1, 0.15) is 34.1 Å². The van der Waals surface area contributed by atoms with Crippen LogP contribution in [0.2, 0.25) is 0 Å². The van der Waals surface area contributed by atoms with Gasteiger partial charge in [-0.25, -0.2) is 8.42 Å². The first-order chi connectivity index (χ1) is 11.1. The molecule has 148 valence electrons. The zero-order valence-corrected chi connectivity index (χ0v) is 19.1. The number of sulfonamides is 1. The van der Waals surface area contributed by atoms with Gasteiger partial charge in [-0.2, -0.15) is 4.31 Å². The molecule has 2 heterocycles. The molecule has 0 amide bonds. The smallest absolute Gasteiger partial charge is 0.216 e. The third-order valence-corrected chi connectivity index (χ3v) is 6.42. The van der Waals surface area contributed by atoms with Gasteiger partial charge in [-0.15, -0.1) is 24.0 Å². The van der Waals surface area contributed by atoms with Crippen molar-refractivity contribution in [3.63, 3.8) is 0 Å². The molecule has 2 fully saturated rings. The van der Waals surface area contributed by atoms with Crippen LogP contribution in [0.15, 0.2) is 4.99 Å². The predicted octanol–water partition coefficient (Wildman–Crippen LogP) is 1.35. The van der Waals surface area contributed by atoms with Crippen LogP contribution in [-0.2, 0) is 14.8 Å². The molecule has 2 saturated heterocycles. The van der Waals surface area contributed by atoms with Crippen molar-refractivity contribution in [2.24, 2.45) is 10.4 Å². The summed E-state index contributed by atoms with van der Waals surface area (Å²) in [4.78, 5) is 6.49. The van der Waals surface area contributed by atoms with Gasteiger partial charge in [-0.05, 0) is 25.7 Å². The van der Waals surface area contributed by atoms with Crippen LogP contribution in [0.3, 0.4) is 0 Å². The highest BCUT2D eigenvalue weighted by molar-refractivity contribution is 14.0. The first-order valence-corrected chi connectivity index (χ1v) is 10.3. The third-order valence-electron chi connectivity index (χ3n) is 4.61. The Bertz CT molecular complexity index is 558. The Labute approximate surface area is 169 Å². The number of likely N-dealkylation sites (tertiary alicyclic amines) is 1. The van der Waals surface area contributed by atoms with Gasteiger partial charge < -0.3 is 15.0 Å². The Kier molecular flexibility index (Phi) is 8.42. The molecule has 2 atom stereocenters. The molecule has 2 aliphatic heterocycles. The lowest BCUT2D eigenvalue weighted by Gasteiger charge is -2.34. The molecule has 0 aromatic heterocycles. The van der Waals surface area contributed by atoms with E-state index in [9.17, 15) is 8.42 Å². The van der Waals surface area contributed by atoms with E-state index in [0.717, 1.165) is 25.5 Å². The van der Waals surface area contributed by atoms with E-state index in [0.29, 0.717) is 19.6 Å². The van der Waals surface area contributed by atoms with Crippen LogP contribution < -0.4 is 5.32 Å². The zero-order chi connectivity index (χ0) is 18.0. The normalized spacial score (nSPS) is 27.9. The maximum Gasteiger partial charge on any atom is 0.216 e. The quantitative estimate of drug-likeness (QED) is 0.368. The second-order valence-corrected chi connectivity index (χ2v) is 9.79. The van der Waals surface area contributed by atoms with Gasteiger partial charge in [0.2, 0.25) is 10.0 Å². The lowest BCUT2D eigenvalue weighted by molar-refractivity contribution is -0.0440. The van der Waals surface area contributed by atoms with Crippen molar-refractivity contribution in [3.8, 4) is 0 Å². The monoisotopic (exact) mass is 488 g/mol. The summed E-state index contributed by atoms with van der Waals surface area (Å²) in [5, 5.41) is 3.21. The molecular formula is C16H33IN4O3S. The number of nitrogens with zero attached hydrogens (tertiary/aromatic N) is 3. The molecule has 2 rings (SSSR count). The van der Waals surface area contributed by atoms with Crippen molar-refractivity contribution in [1.29, 1.82) is 0 Å². The van der Waals surface area contributed by atoms with E-state index >= 15 is 0 Å². The first kappa shape index (κ1) is 22.9. The summed E-state index contributed by atoms with van der Waals surface area (Å²) in [6, 6.07) is 0. The van der Waals surface area contributed by atoms with Crippen molar-refractivity contribution in [1.82, 2.24) is 14.5 Å². The van der Waals surface area contributed by atoms with Crippen LogP contribution in [0.4, 0.5) is 0 Å². The van der Waals surface area contributed by atoms with Gasteiger partial charge in [0.1, 0.15) is 0 Å². The van der Waals surface area contributed by atoms with Gasteiger partial charge in [0.15, 0.2) is 5.96 Å². The molecule has 0 radical (unpaired) electrons. The number of morpholine rings is 1. The number of rotatable bonds is 4. The highest BCUT2D eigenvalue weighted by Gasteiger charge is 2.32. The number of halogens is 1. The van der Waals surface area contributed by atoms with Gasteiger partial charge >= 0.3 is 0 Å². The second kappa shape index (κ2) is 9.18. The summed E-state index contributed by atoms with van der Waals surface area (Å²) < 4.78 is 32.3. The summed E-state index contributed by atoms with van der Waals surface area (Å²) in [6.45, 7) is 11.4. The van der Waals surface area contributed by atoms with Gasteiger partial charge in [0.05, 0.1) is 18.0 Å². The van der Waals surface area contributed by atoms with Gasteiger partial charge in [-0.1, -0.05) is 13.8 Å². The molecule has 0 spiro atoms. The summed E-state index contributed by atoms with van der Waals surface area (Å²) >= 11 is 0. The third kappa shape index (κ3) is 6.51. The van der Waals surface area contributed by atoms with E-state index in [1.165, 1.54) is 0 Å². The lowest BCUT2D eigenvalue weighted by Crippen LogP contribution is -2.50. The van der Waals surface area contributed by atoms with Gasteiger partial charge in [0, 0.05) is 39.8 Å². The summed E-state index contributed by atoms with van der Waals surface area (Å²) in [5.74, 6) is 0.863. The summed E-state index contributed by atoms with van der Waals surface area (Å²) in [5.41, 5.74) is 0.282. The molecule has 1 N–H and O–H groups in total. The van der Waals surface area contributed by atoms with Crippen molar-refractivity contribution >= 4 is 40.0 Å². The van der Waals surface area contributed by atoms with Gasteiger partial charge in [-0.3, -0.25) is 4.99 Å². The standard InChI is InChI=1S/C16H32N4O3S.HI/c1-13-10-20(11-14(2)23-13)24(21,22)9-7-18-15(17-5)19-8-6-16(3,4)12-19;/h13-14H,6-12H2,1-5H3,(H,17,18);1H. The fourth-order valence-electron chi connectivity index (χ4n) is 3.40. The van der Waals surface area contributed by atoms with Crippen molar-refractivity contribution in [3.05, 3.63) is 0 Å². The van der Waals surface area contributed by atoms with E-state index in [1.807, 2.05) is 13.8 Å². The Balaban J connectivity index is 0.00000312. The molecule has 0 aromatic carbocycles. The van der Waals surface area contributed by atoms with Crippen molar-refractivity contribution < 1.29 is 13.2 Å². The maximum atomic E-state index is 12.5. The number of hydrogen-bond donors (Lipinski definition) is 1. The highest BCUT2D eigenvalue weighted by atomic mass is 127. The number of aliphatic imine (C=N–C) groups is 1. The maximum absolute atomic E-state index is 12.5. The topological polar surface area (TPSA) is 74.2 Å². The molecular weight excluding hydrogens is 455 g/mol. The molecule has 7 nitrogen and oxygen atoms in total. The van der Waals surface area contributed by atoms with E-state index in [4.69, 9.17) is 4.74 Å². The van der Waals surface area contributed by atoms with Crippen LogP contribution in [0, 0.1) is 5.41 Å². The average Bonchev–Trinajstić information content (AvgIpc) is 2.82. The summed E-state index contributed by atoms with van der Waals surface area (Å²) in [6.07, 6.45) is 1.00. The Morgan fingerprint density at radius 2 is 1.88 bits per heavy atom. The van der Waals surface area contributed by atoms with E-state index < -0.39 is 10.0 Å². The SMILES string of the molecule is CN=C(NCCS(=O)(=O)N1CC(C)OC(C)C1)N1CCC(C)(C)C1.I. The fourth-order valence-corrected chi connectivity index (χ4v) is 4.90. The largest absolute Gasteiger partial charge is 0.373 e. The van der Waals surface area contributed by atoms with Gasteiger partial charge in [0.25, 0.3) is 0 Å². The van der Waals surface area contributed by atoms with E-state index in [1.54, 1.807) is 11.4 Å². The first-order valence-electron chi connectivity index (χ1n) is 8.72. The molecule has 0 aromatic rings. The van der Waals surface area contributed by atoms with Crippen LogP contribution in [0.25, 0.3) is 0 Å². The molecule has 0 saturated carbocycles. The zero-order valence-electron chi connectivity index (χ0n) is 16.0. The number of hydrogen-bond acceptors (Lipinski definition) is 4. The molecule has 2 unspecified atom stereocenters. The highest BCUT2D eigenvalue weighted by Crippen LogP contribution is 2.28. The Hall–Kier alpha value is -0.130. The van der Waals surface area contributed by atoms with E-state index in [2.05, 4.69) is 29.1 Å². The average molecular weight is 488 g/mol. The minimum atomic E-state index is -3.28. The minimum Gasteiger partial charge on any atom is -0.373 e. The lowest BCUT2D eigenvalue weighted by atomic mass is 9.93. The van der Waals surface area contributed by atoms with Crippen molar-refractivity contribution in [2.45, 2.75) is 46.3 Å². The van der Waals surface area contributed by atoms with E-state index in [-0.39, 0.29) is 47.4 Å². The molecule has 0 bridgehead atoms.